The van der Waals surface area contributed by atoms with Crippen molar-refractivity contribution >= 4 is 0 Å². The van der Waals surface area contributed by atoms with E-state index in [0.717, 1.165) is 6.42 Å². The van der Waals surface area contributed by atoms with Crippen LogP contribution in [0.2, 0.25) is 0 Å². The molecule has 0 aliphatic carbocycles. The van der Waals surface area contributed by atoms with E-state index in [1.807, 2.05) is 31.1 Å². The molecule has 0 amide bonds. The van der Waals surface area contributed by atoms with Gasteiger partial charge in [0, 0.05) is 6.20 Å². The highest BCUT2D eigenvalue weighted by Crippen LogP contribution is 2.10. The molecule has 3 nitrogen and oxygen atoms in total. The van der Waals surface area contributed by atoms with Crippen molar-refractivity contribution in [3.63, 3.8) is 0 Å². The van der Waals surface area contributed by atoms with E-state index in [0.29, 0.717) is 5.75 Å². The molecule has 1 rings (SSSR count). The van der Waals surface area contributed by atoms with Crippen LogP contribution in [0.1, 0.15) is 13.3 Å². The molecule has 0 N–H and O–H groups in total. The molecule has 1 atom stereocenters. The second kappa shape index (κ2) is 4.82. The fourth-order valence-electron chi connectivity index (χ4n) is 1.08. The SMILES string of the molecule is CCC(Oc1[c]nccc1)N(C)C. The summed E-state index contributed by atoms with van der Waals surface area (Å²) < 4.78 is 5.63. The number of hydrogen-bond acceptors (Lipinski definition) is 3. The molecule has 1 aromatic heterocycles. The normalized spacial score (nSPS) is 12.9. The van der Waals surface area contributed by atoms with Gasteiger partial charge in [0.25, 0.3) is 0 Å². The van der Waals surface area contributed by atoms with Gasteiger partial charge in [0.2, 0.25) is 0 Å². The largest absolute Gasteiger partial charge is 0.473 e. The molecule has 0 bridgehead atoms. The van der Waals surface area contributed by atoms with Crippen LogP contribution in [0, 0.1) is 6.20 Å². The average Bonchev–Trinajstić information content (AvgIpc) is 2.15. The lowest BCUT2D eigenvalue weighted by molar-refractivity contribution is 0.0606. The average molecular weight is 179 g/mol. The Morgan fingerprint density at radius 1 is 1.62 bits per heavy atom. The summed E-state index contributed by atoms with van der Waals surface area (Å²) in [5.41, 5.74) is 0. The van der Waals surface area contributed by atoms with Crippen molar-refractivity contribution in [2.75, 3.05) is 14.1 Å². The van der Waals surface area contributed by atoms with Gasteiger partial charge < -0.3 is 4.74 Å². The van der Waals surface area contributed by atoms with Gasteiger partial charge >= 0.3 is 0 Å². The van der Waals surface area contributed by atoms with E-state index in [-0.39, 0.29) is 6.23 Å². The zero-order valence-corrected chi connectivity index (χ0v) is 8.32. The van der Waals surface area contributed by atoms with Crippen LogP contribution >= 0.6 is 0 Å². The first-order chi connectivity index (χ1) is 6.24. The maximum absolute atomic E-state index is 5.63. The fourth-order valence-corrected chi connectivity index (χ4v) is 1.08. The summed E-state index contributed by atoms with van der Waals surface area (Å²) in [5.74, 6) is 0.697. The zero-order chi connectivity index (χ0) is 9.68. The van der Waals surface area contributed by atoms with Crippen molar-refractivity contribution in [3.05, 3.63) is 24.5 Å². The topological polar surface area (TPSA) is 25.4 Å². The second-order valence-electron chi connectivity index (χ2n) is 3.06. The van der Waals surface area contributed by atoms with Crippen LogP contribution < -0.4 is 4.74 Å². The molecule has 0 spiro atoms. The molecule has 0 aliphatic rings. The van der Waals surface area contributed by atoms with E-state index in [2.05, 4.69) is 18.1 Å². The van der Waals surface area contributed by atoms with Crippen LogP contribution in [0.5, 0.6) is 5.75 Å². The summed E-state index contributed by atoms with van der Waals surface area (Å²) in [7, 11) is 3.98. The van der Waals surface area contributed by atoms with E-state index in [9.17, 15) is 0 Å². The Kier molecular flexibility index (Phi) is 3.71. The maximum Gasteiger partial charge on any atom is 0.152 e. The van der Waals surface area contributed by atoms with Crippen molar-refractivity contribution in [1.29, 1.82) is 0 Å². The molecule has 1 radical (unpaired) electrons. The van der Waals surface area contributed by atoms with Crippen LogP contribution in [0.15, 0.2) is 18.3 Å². The predicted molar refractivity (Wildman–Crippen MR) is 51.5 cm³/mol. The minimum absolute atomic E-state index is 0.0976. The van der Waals surface area contributed by atoms with Gasteiger partial charge in [-0.15, -0.1) is 0 Å². The van der Waals surface area contributed by atoms with Crippen molar-refractivity contribution < 1.29 is 4.74 Å². The Morgan fingerprint density at radius 2 is 2.38 bits per heavy atom. The highest BCUT2D eigenvalue weighted by molar-refractivity contribution is 5.14. The first-order valence-electron chi connectivity index (χ1n) is 4.39. The maximum atomic E-state index is 5.63. The number of aromatic nitrogens is 1. The Bertz CT molecular complexity index is 236. The van der Waals surface area contributed by atoms with Crippen LogP contribution in [0.25, 0.3) is 0 Å². The fraction of sp³-hybridized carbons (Fsp3) is 0.500. The van der Waals surface area contributed by atoms with Gasteiger partial charge in [-0.3, -0.25) is 9.88 Å². The Balaban J connectivity index is 2.57. The lowest BCUT2D eigenvalue weighted by Crippen LogP contribution is -2.32. The zero-order valence-electron chi connectivity index (χ0n) is 8.32. The van der Waals surface area contributed by atoms with Crippen LogP contribution in [0.4, 0.5) is 0 Å². The molecule has 13 heavy (non-hydrogen) atoms. The molecule has 0 aromatic carbocycles. The van der Waals surface area contributed by atoms with E-state index in [4.69, 9.17) is 4.74 Å². The highest BCUT2D eigenvalue weighted by atomic mass is 16.5. The molecule has 0 fully saturated rings. The van der Waals surface area contributed by atoms with Crippen molar-refractivity contribution in [3.8, 4) is 5.75 Å². The van der Waals surface area contributed by atoms with Crippen LogP contribution in [-0.4, -0.2) is 30.2 Å². The third-order valence-corrected chi connectivity index (χ3v) is 1.77. The van der Waals surface area contributed by atoms with Gasteiger partial charge in [0.15, 0.2) is 6.23 Å². The molecular weight excluding hydrogens is 164 g/mol. The number of ether oxygens (including phenoxy) is 1. The van der Waals surface area contributed by atoms with E-state index < -0.39 is 0 Å². The molecule has 0 saturated heterocycles. The second-order valence-corrected chi connectivity index (χ2v) is 3.06. The van der Waals surface area contributed by atoms with Crippen molar-refractivity contribution in [2.45, 2.75) is 19.6 Å². The van der Waals surface area contributed by atoms with Crippen molar-refractivity contribution in [1.82, 2.24) is 9.88 Å². The van der Waals surface area contributed by atoms with Gasteiger partial charge in [-0.2, -0.15) is 0 Å². The third kappa shape index (κ3) is 3.03. The Labute approximate surface area is 79.3 Å². The quantitative estimate of drug-likeness (QED) is 0.656. The molecule has 1 aromatic rings. The van der Waals surface area contributed by atoms with Gasteiger partial charge in [0.1, 0.15) is 11.9 Å². The van der Waals surface area contributed by atoms with E-state index in [1.54, 1.807) is 6.20 Å². The van der Waals surface area contributed by atoms with Gasteiger partial charge in [0.05, 0.1) is 0 Å². The molecule has 1 unspecified atom stereocenters. The summed E-state index contributed by atoms with van der Waals surface area (Å²) in [5, 5.41) is 0. The summed E-state index contributed by atoms with van der Waals surface area (Å²) in [4.78, 5) is 5.89. The standard InChI is InChI=1S/C10H15N2O/c1-4-10(12(2)3)13-9-6-5-7-11-8-9/h5-7,10H,4H2,1-3H3. The molecule has 3 heteroatoms. The number of hydrogen-bond donors (Lipinski definition) is 0. The smallest absolute Gasteiger partial charge is 0.152 e. The monoisotopic (exact) mass is 179 g/mol. The van der Waals surface area contributed by atoms with Gasteiger partial charge in [-0.05, 0) is 32.6 Å². The van der Waals surface area contributed by atoms with Crippen LogP contribution in [0.3, 0.4) is 0 Å². The van der Waals surface area contributed by atoms with E-state index in [1.165, 1.54) is 0 Å². The Hall–Kier alpha value is -1.09. The summed E-state index contributed by atoms with van der Waals surface area (Å²) in [6.45, 7) is 2.08. The number of pyridine rings is 1. The van der Waals surface area contributed by atoms with E-state index >= 15 is 0 Å². The summed E-state index contributed by atoms with van der Waals surface area (Å²) in [6.07, 6.45) is 5.51. The molecular formula is C10H15N2O. The first-order valence-corrected chi connectivity index (χ1v) is 4.39. The molecule has 0 aliphatic heterocycles. The van der Waals surface area contributed by atoms with Crippen molar-refractivity contribution in [2.24, 2.45) is 0 Å². The minimum Gasteiger partial charge on any atom is -0.473 e. The first kappa shape index (κ1) is 9.99. The molecule has 71 valence electrons. The van der Waals surface area contributed by atoms with Crippen LogP contribution in [-0.2, 0) is 0 Å². The molecule has 1 heterocycles. The minimum atomic E-state index is 0.0976. The lowest BCUT2D eigenvalue weighted by atomic mass is 10.4. The Morgan fingerprint density at radius 3 is 2.85 bits per heavy atom. The number of rotatable bonds is 4. The molecule has 0 saturated carbocycles. The summed E-state index contributed by atoms with van der Waals surface area (Å²) in [6, 6.07) is 3.70. The number of nitrogens with zero attached hydrogens (tertiary/aromatic N) is 2. The third-order valence-electron chi connectivity index (χ3n) is 1.77. The predicted octanol–water partition coefficient (Wildman–Crippen LogP) is 1.56. The van der Waals surface area contributed by atoms with Gasteiger partial charge in [-0.1, -0.05) is 6.92 Å². The lowest BCUT2D eigenvalue weighted by Gasteiger charge is -2.23. The van der Waals surface area contributed by atoms with Gasteiger partial charge in [-0.25, -0.2) is 0 Å². The highest BCUT2D eigenvalue weighted by Gasteiger charge is 2.09. The summed E-state index contributed by atoms with van der Waals surface area (Å²) >= 11 is 0.